The van der Waals surface area contributed by atoms with E-state index in [2.05, 4.69) is 10.4 Å². The van der Waals surface area contributed by atoms with Gasteiger partial charge in [0.05, 0.1) is 16.9 Å². The van der Waals surface area contributed by atoms with Crippen LogP contribution in [-0.2, 0) is 11.3 Å². The number of ether oxygens (including phenoxy) is 1. The lowest BCUT2D eigenvalue weighted by Crippen LogP contribution is -2.30. The highest BCUT2D eigenvalue weighted by Crippen LogP contribution is 2.28. The Bertz CT molecular complexity index is 734. The van der Waals surface area contributed by atoms with E-state index in [1.54, 1.807) is 6.07 Å². The fraction of sp³-hybridized carbons (Fsp3) is 0.286. The lowest BCUT2D eigenvalue weighted by atomic mass is 10.3. The van der Waals surface area contributed by atoms with Crippen LogP contribution in [0, 0.1) is 0 Å². The number of carbonyl (C=O) groups excluding carboxylic acids is 1. The van der Waals surface area contributed by atoms with Crippen LogP contribution >= 0.6 is 23.2 Å². The van der Waals surface area contributed by atoms with Crippen molar-refractivity contribution in [2.75, 3.05) is 5.32 Å². The molecule has 2 aromatic rings. The third kappa shape index (κ3) is 5.31. The van der Waals surface area contributed by atoms with Gasteiger partial charge >= 0.3 is 6.18 Å². The third-order valence-corrected chi connectivity index (χ3v) is 3.34. The molecule has 1 atom stereocenters. The number of halogens is 5. The minimum Gasteiger partial charge on any atom is -0.479 e. The number of carbonyl (C=O) groups is 1. The lowest BCUT2D eigenvalue weighted by molar-refractivity contribution is -0.142. The molecule has 130 valence electrons. The SMILES string of the molecule is CC(Oc1ccc(Cl)cc1Cl)C(=O)Nc1cnn(CC(F)(F)F)c1. The maximum atomic E-state index is 12.3. The van der Waals surface area contributed by atoms with Crippen molar-refractivity contribution in [2.45, 2.75) is 25.7 Å². The molecule has 0 fully saturated rings. The Morgan fingerprint density at radius 1 is 1.42 bits per heavy atom. The second-order valence-electron chi connectivity index (χ2n) is 4.87. The van der Waals surface area contributed by atoms with Crippen LogP contribution in [0.25, 0.3) is 0 Å². The van der Waals surface area contributed by atoms with Gasteiger partial charge < -0.3 is 10.1 Å². The predicted molar refractivity (Wildman–Crippen MR) is 83.5 cm³/mol. The van der Waals surface area contributed by atoms with E-state index < -0.39 is 24.7 Å². The summed E-state index contributed by atoms with van der Waals surface area (Å²) >= 11 is 11.7. The number of anilines is 1. The van der Waals surface area contributed by atoms with Gasteiger partial charge in [-0.25, -0.2) is 0 Å². The maximum Gasteiger partial charge on any atom is 0.408 e. The first-order chi connectivity index (χ1) is 11.1. The number of alkyl halides is 3. The van der Waals surface area contributed by atoms with Crippen molar-refractivity contribution in [3.8, 4) is 5.75 Å². The summed E-state index contributed by atoms with van der Waals surface area (Å²) < 4.78 is 42.9. The van der Waals surface area contributed by atoms with E-state index in [1.807, 2.05) is 0 Å². The molecule has 5 nitrogen and oxygen atoms in total. The summed E-state index contributed by atoms with van der Waals surface area (Å²) in [6, 6.07) is 4.52. The van der Waals surface area contributed by atoms with Crippen molar-refractivity contribution < 1.29 is 22.7 Å². The number of amides is 1. The topological polar surface area (TPSA) is 56.1 Å². The van der Waals surface area contributed by atoms with Gasteiger partial charge in [-0.05, 0) is 25.1 Å². The highest BCUT2D eigenvalue weighted by molar-refractivity contribution is 6.35. The van der Waals surface area contributed by atoms with Gasteiger partial charge in [0.1, 0.15) is 12.3 Å². The quantitative estimate of drug-likeness (QED) is 0.845. The molecule has 0 bridgehead atoms. The molecular formula is C14H12Cl2F3N3O2. The predicted octanol–water partition coefficient (Wildman–Crippen LogP) is 4.16. The molecule has 10 heteroatoms. The fourth-order valence-corrected chi connectivity index (χ4v) is 2.21. The Labute approximate surface area is 145 Å². The summed E-state index contributed by atoms with van der Waals surface area (Å²) in [5, 5.41) is 6.60. The molecule has 0 aliphatic heterocycles. The summed E-state index contributed by atoms with van der Waals surface area (Å²) in [7, 11) is 0. The number of aromatic nitrogens is 2. The standard InChI is InChI=1S/C14H12Cl2F3N3O2/c1-8(24-12-3-2-9(15)4-11(12)16)13(23)21-10-5-20-22(6-10)7-14(17,18)19/h2-6,8H,7H2,1H3,(H,21,23). The summed E-state index contributed by atoms with van der Waals surface area (Å²) in [5.41, 5.74) is 0.127. The molecule has 1 amide bonds. The average Bonchev–Trinajstić information content (AvgIpc) is 2.86. The smallest absolute Gasteiger partial charge is 0.408 e. The summed E-state index contributed by atoms with van der Waals surface area (Å²) in [6.45, 7) is 0.232. The summed E-state index contributed by atoms with van der Waals surface area (Å²) in [5.74, 6) is -0.302. The average molecular weight is 382 g/mol. The first-order valence-electron chi connectivity index (χ1n) is 6.66. The van der Waals surface area contributed by atoms with Crippen molar-refractivity contribution in [2.24, 2.45) is 0 Å². The molecule has 0 aliphatic rings. The van der Waals surface area contributed by atoms with Gasteiger partial charge in [0.25, 0.3) is 5.91 Å². The van der Waals surface area contributed by atoms with Crippen molar-refractivity contribution in [1.29, 1.82) is 0 Å². The number of nitrogens with one attached hydrogen (secondary N) is 1. The molecule has 0 aliphatic carbocycles. The molecule has 2 rings (SSSR count). The number of rotatable bonds is 5. The summed E-state index contributed by atoms with van der Waals surface area (Å²) in [4.78, 5) is 12.0. The normalized spacial score (nSPS) is 12.8. The van der Waals surface area contributed by atoms with Gasteiger partial charge in [-0.3, -0.25) is 9.48 Å². The van der Waals surface area contributed by atoms with Crippen molar-refractivity contribution in [3.63, 3.8) is 0 Å². The zero-order valence-corrected chi connectivity index (χ0v) is 13.8. The highest BCUT2D eigenvalue weighted by atomic mass is 35.5. The Hall–Kier alpha value is -1.93. The first kappa shape index (κ1) is 18.4. The molecule has 0 radical (unpaired) electrons. The molecule has 0 spiro atoms. The van der Waals surface area contributed by atoms with Gasteiger partial charge in [-0.2, -0.15) is 18.3 Å². The van der Waals surface area contributed by atoms with E-state index >= 15 is 0 Å². The third-order valence-electron chi connectivity index (χ3n) is 2.81. The van der Waals surface area contributed by atoms with E-state index in [0.29, 0.717) is 9.70 Å². The van der Waals surface area contributed by atoms with Crippen LogP contribution in [-0.4, -0.2) is 28.0 Å². The lowest BCUT2D eigenvalue weighted by Gasteiger charge is -2.15. The number of hydrogen-bond donors (Lipinski definition) is 1. The van der Waals surface area contributed by atoms with E-state index in [1.165, 1.54) is 19.1 Å². The number of benzene rings is 1. The van der Waals surface area contributed by atoms with Crippen LogP contribution in [0.3, 0.4) is 0 Å². The largest absolute Gasteiger partial charge is 0.479 e. The second-order valence-corrected chi connectivity index (χ2v) is 5.71. The zero-order valence-electron chi connectivity index (χ0n) is 12.3. The van der Waals surface area contributed by atoms with Crippen LogP contribution < -0.4 is 10.1 Å². The van der Waals surface area contributed by atoms with Crippen LogP contribution in [0.1, 0.15) is 6.92 Å². The van der Waals surface area contributed by atoms with E-state index in [4.69, 9.17) is 27.9 Å². The van der Waals surface area contributed by atoms with Crippen LogP contribution in [0.2, 0.25) is 10.0 Å². The molecule has 1 aromatic heterocycles. The molecule has 0 saturated heterocycles. The van der Waals surface area contributed by atoms with E-state index in [0.717, 1.165) is 12.4 Å². The van der Waals surface area contributed by atoms with Gasteiger partial charge in [-0.1, -0.05) is 23.2 Å². The van der Waals surface area contributed by atoms with Gasteiger partial charge in [0.2, 0.25) is 0 Å². The minimum atomic E-state index is -4.39. The monoisotopic (exact) mass is 381 g/mol. The van der Waals surface area contributed by atoms with E-state index in [9.17, 15) is 18.0 Å². The van der Waals surface area contributed by atoms with Crippen molar-refractivity contribution in [1.82, 2.24) is 9.78 Å². The molecule has 0 saturated carbocycles. The Balaban J connectivity index is 1.96. The van der Waals surface area contributed by atoms with Gasteiger partial charge in [0, 0.05) is 11.2 Å². The van der Waals surface area contributed by atoms with Crippen LogP contribution in [0.4, 0.5) is 18.9 Å². The fourth-order valence-electron chi connectivity index (χ4n) is 1.76. The Kier molecular flexibility index (Phi) is 5.61. The second kappa shape index (κ2) is 7.31. The highest BCUT2D eigenvalue weighted by Gasteiger charge is 2.28. The van der Waals surface area contributed by atoms with E-state index in [-0.39, 0.29) is 16.5 Å². The minimum absolute atomic E-state index is 0.127. The Morgan fingerprint density at radius 2 is 2.12 bits per heavy atom. The molecule has 1 unspecified atom stereocenters. The number of nitrogens with zero attached hydrogens (tertiary/aromatic N) is 2. The van der Waals surface area contributed by atoms with Crippen molar-refractivity contribution in [3.05, 3.63) is 40.6 Å². The first-order valence-corrected chi connectivity index (χ1v) is 7.41. The van der Waals surface area contributed by atoms with Crippen LogP contribution in [0.5, 0.6) is 5.75 Å². The zero-order chi connectivity index (χ0) is 17.9. The Morgan fingerprint density at radius 3 is 2.75 bits per heavy atom. The summed E-state index contributed by atoms with van der Waals surface area (Å²) in [6.07, 6.45) is -3.14. The maximum absolute atomic E-state index is 12.3. The molecule has 1 N–H and O–H groups in total. The molecule has 24 heavy (non-hydrogen) atoms. The van der Waals surface area contributed by atoms with Crippen LogP contribution in [0.15, 0.2) is 30.6 Å². The molecular weight excluding hydrogens is 370 g/mol. The molecule has 1 heterocycles. The molecule has 1 aromatic carbocycles. The van der Waals surface area contributed by atoms with Gasteiger partial charge in [0.15, 0.2) is 6.10 Å². The van der Waals surface area contributed by atoms with Gasteiger partial charge in [-0.15, -0.1) is 0 Å². The van der Waals surface area contributed by atoms with Crippen molar-refractivity contribution >= 4 is 34.8 Å². The number of hydrogen-bond acceptors (Lipinski definition) is 3.